The minimum atomic E-state index is -0.395. The van der Waals surface area contributed by atoms with E-state index in [0.29, 0.717) is 10.9 Å². The maximum absolute atomic E-state index is 12.4. The SMILES string of the molecule is Cc1cc(C)c2nc(NC(=O)c3nc4nccc(C)n4n3)sc2c1. The van der Waals surface area contributed by atoms with Gasteiger partial charge in [-0.25, -0.2) is 14.5 Å². The number of hydrogen-bond acceptors (Lipinski definition) is 6. The summed E-state index contributed by atoms with van der Waals surface area (Å²) in [4.78, 5) is 25.2. The van der Waals surface area contributed by atoms with Crippen LogP contribution in [0, 0.1) is 20.8 Å². The molecular weight excluding hydrogens is 324 g/mol. The summed E-state index contributed by atoms with van der Waals surface area (Å²) in [7, 11) is 0. The Labute approximate surface area is 141 Å². The molecule has 8 heteroatoms. The summed E-state index contributed by atoms with van der Waals surface area (Å²) in [5, 5.41) is 7.51. The summed E-state index contributed by atoms with van der Waals surface area (Å²) in [5.41, 5.74) is 4.02. The van der Waals surface area contributed by atoms with Crippen LogP contribution in [0.25, 0.3) is 16.0 Å². The predicted molar refractivity (Wildman–Crippen MR) is 92.6 cm³/mol. The summed E-state index contributed by atoms with van der Waals surface area (Å²) < 4.78 is 2.59. The van der Waals surface area contributed by atoms with Crippen molar-refractivity contribution in [3.8, 4) is 0 Å². The number of nitrogens with one attached hydrogen (secondary N) is 1. The maximum Gasteiger partial charge on any atom is 0.297 e. The molecule has 4 aromatic rings. The molecule has 0 aliphatic carbocycles. The third kappa shape index (κ3) is 2.41. The smallest absolute Gasteiger partial charge is 0.295 e. The van der Waals surface area contributed by atoms with Gasteiger partial charge in [0.25, 0.3) is 11.7 Å². The van der Waals surface area contributed by atoms with Crippen LogP contribution in [0.5, 0.6) is 0 Å². The molecule has 0 bridgehead atoms. The fourth-order valence-corrected chi connectivity index (χ4v) is 3.62. The number of fused-ring (bicyclic) bond motifs is 2. The summed E-state index contributed by atoms with van der Waals surface area (Å²) in [6.45, 7) is 5.93. The van der Waals surface area contributed by atoms with Crippen molar-refractivity contribution in [2.75, 3.05) is 5.32 Å². The second kappa shape index (κ2) is 5.34. The lowest BCUT2D eigenvalue weighted by molar-refractivity contribution is 0.101. The van der Waals surface area contributed by atoms with Crippen LogP contribution < -0.4 is 5.32 Å². The first kappa shape index (κ1) is 14.7. The number of thiazole rings is 1. The molecule has 0 saturated heterocycles. The van der Waals surface area contributed by atoms with Crippen LogP contribution >= 0.6 is 11.3 Å². The first-order chi connectivity index (χ1) is 11.5. The predicted octanol–water partition coefficient (Wildman–Crippen LogP) is 2.91. The molecule has 0 atom stereocenters. The molecule has 0 spiro atoms. The van der Waals surface area contributed by atoms with Crippen LogP contribution in [0.2, 0.25) is 0 Å². The van der Waals surface area contributed by atoms with Crippen LogP contribution in [0.3, 0.4) is 0 Å². The topological polar surface area (TPSA) is 85.1 Å². The first-order valence-electron chi connectivity index (χ1n) is 7.39. The van der Waals surface area contributed by atoms with Crippen LogP contribution in [-0.4, -0.2) is 30.5 Å². The lowest BCUT2D eigenvalue weighted by Gasteiger charge is -1.96. The van der Waals surface area contributed by atoms with Gasteiger partial charge in [-0.1, -0.05) is 17.4 Å². The Morgan fingerprint density at radius 3 is 2.83 bits per heavy atom. The molecule has 0 aliphatic heterocycles. The Morgan fingerprint density at radius 1 is 1.21 bits per heavy atom. The van der Waals surface area contributed by atoms with Crippen molar-refractivity contribution in [2.24, 2.45) is 0 Å². The Bertz CT molecular complexity index is 1100. The number of amides is 1. The lowest BCUT2D eigenvalue weighted by Crippen LogP contribution is -2.13. The molecule has 0 fully saturated rings. The van der Waals surface area contributed by atoms with Crippen LogP contribution in [0.4, 0.5) is 5.13 Å². The van der Waals surface area contributed by atoms with Crippen LogP contribution in [-0.2, 0) is 0 Å². The van der Waals surface area contributed by atoms with Gasteiger partial charge in [-0.3, -0.25) is 10.1 Å². The van der Waals surface area contributed by atoms with Gasteiger partial charge in [0.2, 0.25) is 5.82 Å². The van der Waals surface area contributed by atoms with E-state index < -0.39 is 5.91 Å². The summed E-state index contributed by atoms with van der Waals surface area (Å²) >= 11 is 1.44. The van der Waals surface area contributed by atoms with E-state index in [4.69, 9.17) is 0 Å². The average Bonchev–Trinajstić information content (AvgIpc) is 3.11. The molecule has 4 rings (SSSR count). The molecule has 3 aromatic heterocycles. The van der Waals surface area contributed by atoms with Gasteiger partial charge in [0.1, 0.15) is 0 Å². The largest absolute Gasteiger partial charge is 0.297 e. The van der Waals surface area contributed by atoms with E-state index in [0.717, 1.165) is 21.5 Å². The number of aryl methyl sites for hydroxylation is 3. The van der Waals surface area contributed by atoms with E-state index in [-0.39, 0.29) is 5.82 Å². The van der Waals surface area contributed by atoms with E-state index >= 15 is 0 Å². The van der Waals surface area contributed by atoms with E-state index in [2.05, 4.69) is 37.5 Å². The van der Waals surface area contributed by atoms with Gasteiger partial charge in [-0.15, -0.1) is 5.10 Å². The molecule has 0 saturated carbocycles. The van der Waals surface area contributed by atoms with E-state index in [1.54, 1.807) is 10.7 Å². The third-order valence-electron chi connectivity index (χ3n) is 3.68. The van der Waals surface area contributed by atoms with Crippen molar-refractivity contribution < 1.29 is 4.79 Å². The summed E-state index contributed by atoms with van der Waals surface area (Å²) in [5.74, 6) is 0.0770. The number of anilines is 1. The highest BCUT2D eigenvalue weighted by Gasteiger charge is 2.17. The molecule has 1 amide bonds. The Hall–Kier alpha value is -2.87. The van der Waals surface area contributed by atoms with Gasteiger partial charge in [-0.2, -0.15) is 4.98 Å². The van der Waals surface area contributed by atoms with E-state index in [1.807, 2.05) is 26.8 Å². The number of hydrogen-bond donors (Lipinski definition) is 1. The average molecular weight is 338 g/mol. The Balaban J connectivity index is 1.68. The summed E-state index contributed by atoms with van der Waals surface area (Å²) in [6, 6.07) is 5.94. The van der Waals surface area contributed by atoms with Gasteiger partial charge < -0.3 is 0 Å². The summed E-state index contributed by atoms with van der Waals surface area (Å²) in [6.07, 6.45) is 1.64. The molecule has 7 nitrogen and oxygen atoms in total. The number of aromatic nitrogens is 5. The monoisotopic (exact) mass is 338 g/mol. The molecule has 1 aromatic carbocycles. The van der Waals surface area contributed by atoms with Crippen molar-refractivity contribution in [3.05, 3.63) is 47.0 Å². The Morgan fingerprint density at radius 2 is 2.04 bits per heavy atom. The zero-order valence-electron chi connectivity index (χ0n) is 13.4. The molecule has 0 aliphatic rings. The van der Waals surface area contributed by atoms with E-state index in [9.17, 15) is 4.79 Å². The zero-order valence-corrected chi connectivity index (χ0v) is 14.2. The second-order valence-corrected chi connectivity index (χ2v) is 6.67. The molecular formula is C16H14N6OS. The minimum absolute atomic E-state index is 0.0731. The molecule has 1 N–H and O–H groups in total. The molecule has 0 radical (unpaired) electrons. The van der Waals surface area contributed by atoms with Gasteiger partial charge in [0.15, 0.2) is 5.13 Å². The first-order valence-corrected chi connectivity index (χ1v) is 8.20. The molecule has 3 heterocycles. The molecule has 0 unspecified atom stereocenters. The highest BCUT2D eigenvalue weighted by atomic mass is 32.1. The number of nitrogens with zero attached hydrogens (tertiary/aromatic N) is 5. The van der Waals surface area contributed by atoms with Crippen molar-refractivity contribution >= 4 is 38.4 Å². The standard InChI is InChI=1S/C16H14N6OS/c1-8-6-9(2)12-11(7-8)24-16(18-12)20-14(23)13-19-15-17-5-4-10(3)22(15)21-13/h4-7H,1-3H3,(H,18,20,23). The number of rotatable bonds is 2. The highest BCUT2D eigenvalue weighted by molar-refractivity contribution is 7.22. The number of benzene rings is 1. The van der Waals surface area contributed by atoms with Gasteiger partial charge in [-0.05, 0) is 44.0 Å². The normalized spacial score (nSPS) is 11.3. The number of carbonyl (C=O) groups is 1. The van der Waals surface area contributed by atoms with Gasteiger partial charge >= 0.3 is 0 Å². The molecule has 120 valence electrons. The van der Waals surface area contributed by atoms with Crippen molar-refractivity contribution in [3.63, 3.8) is 0 Å². The van der Waals surface area contributed by atoms with E-state index in [1.165, 1.54) is 16.9 Å². The third-order valence-corrected chi connectivity index (χ3v) is 4.60. The quantitative estimate of drug-likeness (QED) is 0.607. The second-order valence-electron chi connectivity index (χ2n) is 5.64. The van der Waals surface area contributed by atoms with Crippen molar-refractivity contribution in [1.82, 2.24) is 24.6 Å². The van der Waals surface area contributed by atoms with Gasteiger partial charge in [0.05, 0.1) is 10.2 Å². The fraction of sp³-hybridized carbons (Fsp3) is 0.188. The number of carbonyl (C=O) groups excluding carboxylic acids is 1. The van der Waals surface area contributed by atoms with Crippen LogP contribution in [0.1, 0.15) is 27.4 Å². The molecule has 24 heavy (non-hydrogen) atoms. The maximum atomic E-state index is 12.4. The van der Waals surface area contributed by atoms with Crippen LogP contribution in [0.15, 0.2) is 24.4 Å². The Kier molecular flexibility index (Phi) is 3.27. The fourth-order valence-electron chi connectivity index (χ4n) is 2.58. The zero-order chi connectivity index (χ0) is 16.8. The van der Waals surface area contributed by atoms with Crippen molar-refractivity contribution in [1.29, 1.82) is 0 Å². The van der Waals surface area contributed by atoms with Gasteiger partial charge in [0, 0.05) is 11.9 Å². The highest BCUT2D eigenvalue weighted by Crippen LogP contribution is 2.29. The lowest BCUT2D eigenvalue weighted by atomic mass is 10.1. The van der Waals surface area contributed by atoms with Crippen molar-refractivity contribution in [2.45, 2.75) is 20.8 Å². The minimum Gasteiger partial charge on any atom is -0.295 e.